The molecule has 0 amide bonds. The Labute approximate surface area is 204 Å². The van der Waals surface area contributed by atoms with E-state index in [9.17, 15) is 9.90 Å². The number of aromatic nitrogens is 1. The number of benzene rings is 3. The molecule has 0 spiro atoms. The highest BCUT2D eigenvalue weighted by molar-refractivity contribution is 7.11. The highest BCUT2D eigenvalue weighted by atomic mass is 35.5. The smallest absolute Gasteiger partial charge is 0.339 e. The van der Waals surface area contributed by atoms with Crippen molar-refractivity contribution in [2.45, 2.75) is 26.0 Å². The number of rotatable bonds is 8. The molecule has 1 aromatic heterocycles. The van der Waals surface area contributed by atoms with Crippen molar-refractivity contribution in [2.24, 2.45) is 0 Å². The molecule has 0 saturated heterocycles. The summed E-state index contributed by atoms with van der Waals surface area (Å²) in [5, 5.41) is 10.5. The van der Waals surface area contributed by atoms with Gasteiger partial charge >= 0.3 is 5.97 Å². The molecule has 1 heterocycles. The van der Waals surface area contributed by atoms with Crippen LogP contribution < -0.4 is 17.0 Å². The molecule has 0 bridgehead atoms. The molecule has 4 rings (SSSR count). The summed E-state index contributed by atoms with van der Waals surface area (Å²) in [5.41, 5.74) is 3.68. The summed E-state index contributed by atoms with van der Waals surface area (Å²) in [4.78, 5) is 14.1. The largest absolute Gasteiger partial charge is 1.00 e. The summed E-state index contributed by atoms with van der Waals surface area (Å²) in [7, 11) is 0. The maximum Gasteiger partial charge on any atom is 0.339 e. The van der Waals surface area contributed by atoms with E-state index in [1.807, 2.05) is 66.7 Å². The molecule has 0 fully saturated rings. The maximum atomic E-state index is 13.0. The Hall–Kier alpha value is -2.99. The van der Waals surface area contributed by atoms with E-state index in [1.54, 1.807) is 23.5 Å². The van der Waals surface area contributed by atoms with E-state index in [2.05, 4.69) is 23.6 Å². The van der Waals surface area contributed by atoms with E-state index >= 15 is 0 Å². The fourth-order valence-corrected chi connectivity index (χ4v) is 5.01. The van der Waals surface area contributed by atoms with Crippen LogP contribution in [0.1, 0.15) is 43.2 Å². The first-order chi connectivity index (χ1) is 15.7. The van der Waals surface area contributed by atoms with Crippen LogP contribution in [-0.2, 0) is 17.7 Å². The number of esters is 1. The number of hydrogen-bond acceptors (Lipinski definition) is 4. The Morgan fingerprint density at radius 3 is 2.12 bits per heavy atom. The Kier molecular flexibility index (Phi) is 8.78. The molecule has 4 aromatic rings. The van der Waals surface area contributed by atoms with Gasteiger partial charge in [0.2, 0.25) is 6.10 Å². The van der Waals surface area contributed by atoms with Gasteiger partial charge in [0, 0.05) is 31.1 Å². The number of hydrogen-bond donors (Lipinski definition) is 1. The Balaban J connectivity index is 0.00000306. The van der Waals surface area contributed by atoms with E-state index in [1.165, 1.54) is 0 Å². The molecule has 0 aliphatic heterocycles. The van der Waals surface area contributed by atoms with Crippen molar-refractivity contribution in [3.05, 3.63) is 123 Å². The molecule has 0 aliphatic rings. The van der Waals surface area contributed by atoms with Gasteiger partial charge in [-0.3, -0.25) is 0 Å². The molecule has 170 valence electrons. The quantitative estimate of drug-likeness (QED) is 0.310. The Morgan fingerprint density at radius 1 is 0.939 bits per heavy atom. The molecule has 0 radical (unpaired) electrons. The number of nitrogens with zero attached hydrogens (tertiary/aromatic N) is 1. The SMILES string of the molecule is Cc1c(CCO)sc(C(OC(=O)c2ccccc2)c2ccccc2)[n+]1Cc1ccccc1.[Cl-]. The van der Waals surface area contributed by atoms with Gasteiger partial charge in [-0.2, -0.15) is 4.57 Å². The summed E-state index contributed by atoms with van der Waals surface area (Å²) in [6, 6.07) is 29.1. The molecule has 1 N–H and O–H groups in total. The molecule has 0 aliphatic carbocycles. The second-order valence-corrected chi connectivity index (χ2v) is 8.67. The Morgan fingerprint density at radius 2 is 1.52 bits per heavy atom. The molecule has 33 heavy (non-hydrogen) atoms. The van der Waals surface area contributed by atoms with Crippen molar-refractivity contribution in [1.82, 2.24) is 0 Å². The monoisotopic (exact) mass is 479 g/mol. The van der Waals surface area contributed by atoms with Gasteiger partial charge in [0.1, 0.15) is 0 Å². The van der Waals surface area contributed by atoms with Crippen molar-refractivity contribution in [1.29, 1.82) is 0 Å². The number of ether oxygens (including phenoxy) is 1. The van der Waals surface area contributed by atoms with Gasteiger partial charge in [0.25, 0.3) is 5.01 Å². The van der Waals surface area contributed by atoms with Gasteiger partial charge in [-0.05, 0) is 12.1 Å². The van der Waals surface area contributed by atoms with Crippen LogP contribution in [0.15, 0.2) is 91.0 Å². The van der Waals surface area contributed by atoms with Gasteiger partial charge in [0.05, 0.1) is 10.4 Å². The molecular weight excluding hydrogens is 454 g/mol. The van der Waals surface area contributed by atoms with E-state index in [4.69, 9.17) is 4.74 Å². The lowest BCUT2D eigenvalue weighted by Gasteiger charge is -2.15. The van der Waals surface area contributed by atoms with Crippen LogP contribution in [0.25, 0.3) is 0 Å². The summed E-state index contributed by atoms with van der Waals surface area (Å²) >= 11 is 1.60. The van der Waals surface area contributed by atoms with Gasteiger partial charge in [-0.15, -0.1) is 0 Å². The number of aliphatic hydroxyl groups is 1. The fourth-order valence-electron chi connectivity index (χ4n) is 3.70. The van der Waals surface area contributed by atoms with Crippen molar-refractivity contribution in [3.63, 3.8) is 0 Å². The first-order valence-electron chi connectivity index (χ1n) is 10.6. The third-order valence-electron chi connectivity index (χ3n) is 5.39. The fraction of sp³-hybridized carbons (Fsp3) is 0.185. The number of halogens is 1. The predicted molar refractivity (Wildman–Crippen MR) is 126 cm³/mol. The predicted octanol–water partition coefficient (Wildman–Crippen LogP) is 1.88. The van der Waals surface area contributed by atoms with Crippen molar-refractivity contribution >= 4 is 17.3 Å². The second-order valence-electron chi connectivity index (χ2n) is 7.56. The van der Waals surface area contributed by atoms with E-state index in [0.29, 0.717) is 18.5 Å². The number of carbonyl (C=O) groups excluding carboxylic acids is 1. The lowest BCUT2D eigenvalue weighted by Crippen LogP contribution is -3.00. The van der Waals surface area contributed by atoms with Gasteiger partial charge in [-0.1, -0.05) is 90.2 Å². The van der Waals surface area contributed by atoms with Crippen molar-refractivity contribution < 1.29 is 31.6 Å². The summed E-state index contributed by atoms with van der Waals surface area (Å²) in [5.74, 6) is -0.361. The van der Waals surface area contributed by atoms with Crippen LogP contribution in [-0.4, -0.2) is 17.7 Å². The minimum atomic E-state index is -0.552. The van der Waals surface area contributed by atoms with E-state index in [-0.39, 0.29) is 25.0 Å². The zero-order valence-electron chi connectivity index (χ0n) is 18.4. The molecular formula is C27H26ClNO3S. The van der Waals surface area contributed by atoms with Crippen LogP contribution >= 0.6 is 11.3 Å². The zero-order valence-corrected chi connectivity index (χ0v) is 19.9. The Bertz CT molecular complexity index is 1160. The minimum absolute atomic E-state index is 0. The van der Waals surface area contributed by atoms with Crippen molar-refractivity contribution in [2.75, 3.05) is 6.61 Å². The molecule has 4 nitrogen and oxygen atoms in total. The average Bonchev–Trinajstić information content (AvgIpc) is 3.14. The minimum Gasteiger partial charge on any atom is -1.00 e. The van der Waals surface area contributed by atoms with Gasteiger partial charge in [-0.25, -0.2) is 4.79 Å². The first-order valence-corrected chi connectivity index (χ1v) is 11.5. The van der Waals surface area contributed by atoms with Crippen molar-refractivity contribution in [3.8, 4) is 0 Å². The van der Waals surface area contributed by atoms with E-state index in [0.717, 1.165) is 26.7 Å². The second kappa shape index (κ2) is 11.8. The van der Waals surface area contributed by atoms with Crippen LogP contribution in [0.5, 0.6) is 0 Å². The summed E-state index contributed by atoms with van der Waals surface area (Å²) in [6.07, 6.45) is 0.0168. The maximum absolute atomic E-state index is 13.0. The lowest BCUT2D eigenvalue weighted by molar-refractivity contribution is -0.699. The number of aliphatic hydroxyl groups excluding tert-OH is 1. The summed E-state index contributed by atoms with van der Waals surface area (Å²) < 4.78 is 8.33. The molecule has 1 atom stereocenters. The highest BCUT2D eigenvalue weighted by Crippen LogP contribution is 2.31. The van der Waals surface area contributed by atoms with E-state index < -0.39 is 6.10 Å². The van der Waals surface area contributed by atoms with Crippen LogP contribution in [0.2, 0.25) is 0 Å². The third-order valence-corrected chi connectivity index (χ3v) is 6.78. The topological polar surface area (TPSA) is 50.4 Å². The average molecular weight is 480 g/mol. The first kappa shape index (κ1) is 24.6. The number of thiazole rings is 1. The van der Waals surface area contributed by atoms with Crippen LogP contribution in [0, 0.1) is 6.92 Å². The molecule has 0 saturated carbocycles. The molecule has 6 heteroatoms. The van der Waals surface area contributed by atoms with Gasteiger partial charge < -0.3 is 22.3 Å². The van der Waals surface area contributed by atoms with Crippen LogP contribution in [0.4, 0.5) is 0 Å². The highest BCUT2D eigenvalue weighted by Gasteiger charge is 2.34. The number of carbonyl (C=O) groups is 1. The standard InChI is InChI=1S/C27H26NO3S.ClH/c1-20-24(17-18-29)32-26(28(20)19-21-11-5-2-6-12-21)25(22-13-7-3-8-14-22)31-27(30)23-15-9-4-10-16-23;/h2-16,25,29H,17-19H2,1H3;1H/q+1;/p-1. The van der Waals surface area contributed by atoms with Crippen LogP contribution in [0.3, 0.4) is 0 Å². The molecule has 3 aromatic carbocycles. The summed E-state index contributed by atoms with van der Waals surface area (Å²) in [6.45, 7) is 2.80. The van der Waals surface area contributed by atoms with Gasteiger partial charge in [0.15, 0.2) is 12.2 Å². The third kappa shape index (κ3) is 5.88. The normalized spacial score (nSPS) is 11.5. The lowest BCUT2D eigenvalue weighted by atomic mass is 10.1. The molecule has 1 unspecified atom stereocenters. The zero-order chi connectivity index (χ0) is 22.3.